The zero-order chi connectivity index (χ0) is 17.7. The van der Waals surface area contributed by atoms with Crippen LogP contribution >= 0.6 is 23.2 Å². The third-order valence-electron chi connectivity index (χ3n) is 3.29. The van der Waals surface area contributed by atoms with Gasteiger partial charge in [0.15, 0.2) is 0 Å². The van der Waals surface area contributed by atoms with Gasteiger partial charge >= 0.3 is 0 Å². The van der Waals surface area contributed by atoms with Crippen molar-refractivity contribution in [3.05, 3.63) is 58.3 Å². The van der Waals surface area contributed by atoms with Gasteiger partial charge in [0.05, 0.1) is 16.4 Å². The molecule has 0 saturated heterocycles. The maximum Gasteiger partial charge on any atom is 0.226 e. The average Bonchev–Trinajstić information content (AvgIpc) is 2.51. The van der Waals surface area contributed by atoms with Crippen molar-refractivity contribution in [2.45, 2.75) is 13.3 Å². The van der Waals surface area contributed by atoms with Gasteiger partial charge in [0.25, 0.3) is 0 Å². The molecule has 0 saturated carbocycles. The van der Waals surface area contributed by atoms with Crippen molar-refractivity contribution >= 4 is 46.4 Å². The molecule has 2 aromatic carbocycles. The van der Waals surface area contributed by atoms with Gasteiger partial charge < -0.3 is 10.2 Å². The first-order valence-corrected chi connectivity index (χ1v) is 7.91. The van der Waals surface area contributed by atoms with E-state index in [4.69, 9.17) is 23.2 Å². The lowest BCUT2D eigenvalue weighted by atomic mass is 10.2. The van der Waals surface area contributed by atoms with Gasteiger partial charge in [-0.3, -0.25) is 9.59 Å². The molecule has 0 atom stereocenters. The van der Waals surface area contributed by atoms with Crippen LogP contribution in [-0.2, 0) is 9.59 Å². The number of carbonyl (C=O) groups is 2. The third kappa shape index (κ3) is 4.69. The van der Waals surface area contributed by atoms with Gasteiger partial charge in [-0.1, -0.05) is 35.3 Å². The molecule has 2 amide bonds. The van der Waals surface area contributed by atoms with Gasteiger partial charge in [-0.15, -0.1) is 0 Å². The number of hydrogen-bond donors (Lipinski definition) is 1. The Hall–Kier alpha value is -2.11. The van der Waals surface area contributed by atoms with Crippen molar-refractivity contribution in [3.8, 4) is 0 Å². The highest BCUT2D eigenvalue weighted by atomic mass is 35.5. The van der Waals surface area contributed by atoms with Crippen LogP contribution in [0.2, 0.25) is 10.0 Å². The second-order valence-electron chi connectivity index (χ2n) is 5.04. The van der Waals surface area contributed by atoms with Crippen LogP contribution in [0, 0.1) is 5.82 Å². The molecule has 0 radical (unpaired) electrons. The summed E-state index contributed by atoms with van der Waals surface area (Å²) in [5.74, 6) is -1.21. The van der Waals surface area contributed by atoms with Gasteiger partial charge in [-0.25, -0.2) is 4.39 Å². The molecule has 24 heavy (non-hydrogen) atoms. The molecule has 2 aromatic rings. The van der Waals surface area contributed by atoms with E-state index in [0.29, 0.717) is 15.7 Å². The Morgan fingerprint density at radius 3 is 2.50 bits per heavy atom. The van der Waals surface area contributed by atoms with E-state index >= 15 is 0 Å². The standard InChI is InChI=1S/C17H15Cl2FN2O2/c1-11(23)22(16-5-3-2-4-14(16)20)9-8-17(24)21-15-7-6-12(18)10-13(15)19/h2-7,10H,8-9H2,1H3,(H,21,24). The van der Waals surface area contributed by atoms with Crippen LogP contribution < -0.4 is 10.2 Å². The molecule has 126 valence electrons. The summed E-state index contributed by atoms with van der Waals surface area (Å²) in [4.78, 5) is 25.0. The summed E-state index contributed by atoms with van der Waals surface area (Å²) in [7, 11) is 0. The molecular weight excluding hydrogens is 354 g/mol. The fraction of sp³-hybridized carbons (Fsp3) is 0.176. The van der Waals surface area contributed by atoms with E-state index in [1.54, 1.807) is 18.2 Å². The first-order chi connectivity index (χ1) is 11.4. The average molecular weight is 369 g/mol. The lowest BCUT2D eigenvalue weighted by molar-refractivity contribution is -0.117. The highest BCUT2D eigenvalue weighted by molar-refractivity contribution is 6.36. The van der Waals surface area contributed by atoms with Crippen LogP contribution in [0.5, 0.6) is 0 Å². The van der Waals surface area contributed by atoms with Crippen LogP contribution in [0.15, 0.2) is 42.5 Å². The fourth-order valence-electron chi connectivity index (χ4n) is 2.14. The van der Waals surface area contributed by atoms with Crippen molar-refractivity contribution in [1.82, 2.24) is 0 Å². The fourth-order valence-corrected chi connectivity index (χ4v) is 2.59. The van der Waals surface area contributed by atoms with E-state index in [1.165, 1.54) is 36.1 Å². The maximum absolute atomic E-state index is 13.8. The molecule has 0 aliphatic carbocycles. The number of carbonyl (C=O) groups excluding carboxylic acids is 2. The number of nitrogens with zero attached hydrogens (tertiary/aromatic N) is 1. The number of nitrogens with one attached hydrogen (secondary N) is 1. The van der Waals surface area contributed by atoms with Crippen LogP contribution in [0.4, 0.5) is 15.8 Å². The maximum atomic E-state index is 13.8. The smallest absolute Gasteiger partial charge is 0.226 e. The Morgan fingerprint density at radius 1 is 1.17 bits per heavy atom. The molecule has 1 N–H and O–H groups in total. The molecule has 0 aliphatic heterocycles. The molecule has 4 nitrogen and oxygen atoms in total. The van der Waals surface area contributed by atoms with E-state index in [0.717, 1.165) is 0 Å². The van der Waals surface area contributed by atoms with Crippen LogP contribution in [-0.4, -0.2) is 18.4 Å². The van der Waals surface area contributed by atoms with Crippen molar-refractivity contribution in [2.24, 2.45) is 0 Å². The Morgan fingerprint density at radius 2 is 1.88 bits per heavy atom. The number of para-hydroxylation sites is 1. The van der Waals surface area contributed by atoms with Crippen LogP contribution in [0.25, 0.3) is 0 Å². The summed E-state index contributed by atoms with van der Waals surface area (Å²) >= 11 is 11.8. The predicted octanol–water partition coefficient (Wildman–Crippen LogP) is 4.51. The SMILES string of the molecule is CC(=O)N(CCC(=O)Nc1ccc(Cl)cc1Cl)c1ccccc1F. The van der Waals surface area contributed by atoms with Gasteiger partial charge in [-0.05, 0) is 30.3 Å². The highest BCUT2D eigenvalue weighted by Crippen LogP contribution is 2.25. The second kappa shape index (κ2) is 8.13. The summed E-state index contributed by atoms with van der Waals surface area (Å²) in [6.45, 7) is 1.37. The number of halogens is 3. The second-order valence-corrected chi connectivity index (χ2v) is 5.89. The summed E-state index contributed by atoms with van der Waals surface area (Å²) in [6.07, 6.45) is -0.00707. The zero-order valence-electron chi connectivity index (χ0n) is 12.9. The lowest BCUT2D eigenvalue weighted by Gasteiger charge is -2.21. The summed E-state index contributed by atoms with van der Waals surface area (Å²) < 4.78 is 13.8. The van der Waals surface area contributed by atoms with Crippen molar-refractivity contribution < 1.29 is 14.0 Å². The molecule has 0 bridgehead atoms. The monoisotopic (exact) mass is 368 g/mol. The molecular formula is C17H15Cl2FN2O2. The zero-order valence-corrected chi connectivity index (χ0v) is 14.4. The van der Waals surface area contributed by atoms with Crippen molar-refractivity contribution in [3.63, 3.8) is 0 Å². The van der Waals surface area contributed by atoms with Gasteiger partial charge in [0.2, 0.25) is 11.8 Å². The van der Waals surface area contributed by atoms with Crippen LogP contribution in [0.1, 0.15) is 13.3 Å². The number of benzene rings is 2. The highest BCUT2D eigenvalue weighted by Gasteiger charge is 2.17. The molecule has 7 heteroatoms. The Balaban J connectivity index is 2.03. The summed E-state index contributed by atoms with van der Waals surface area (Å²) in [6, 6.07) is 10.6. The van der Waals surface area contributed by atoms with Crippen molar-refractivity contribution in [2.75, 3.05) is 16.8 Å². The number of amides is 2. The van der Waals surface area contributed by atoms with Gasteiger partial charge in [0, 0.05) is 24.9 Å². The van der Waals surface area contributed by atoms with E-state index in [2.05, 4.69) is 5.32 Å². The Kier molecular flexibility index (Phi) is 6.17. The summed E-state index contributed by atoms with van der Waals surface area (Å²) in [5, 5.41) is 3.41. The number of rotatable bonds is 5. The van der Waals surface area contributed by atoms with E-state index in [-0.39, 0.29) is 30.5 Å². The Labute approximate surface area is 149 Å². The first-order valence-electron chi connectivity index (χ1n) is 7.16. The number of hydrogen-bond acceptors (Lipinski definition) is 2. The van der Waals surface area contributed by atoms with E-state index < -0.39 is 5.82 Å². The van der Waals surface area contributed by atoms with Gasteiger partial charge in [-0.2, -0.15) is 0 Å². The normalized spacial score (nSPS) is 10.3. The molecule has 0 heterocycles. The minimum absolute atomic E-state index is 0.00707. The van der Waals surface area contributed by atoms with Crippen molar-refractivity contribution in [1.29, 1.82) is 0 Å². The quantitative estimate of drug-likeness (QED) is 0.843. The molecule has 0 fully saturated rings. The Bertz CT molecular complexity index is 768. The van der Waals surface area contributed by atoms with E-state index in [1.807, 2.05) is 0 Å². The van der Waals surface area contributed by atoms with Gasteiger partial charge in [0.1, 0.15) is 5.82 Å². The first kappa shape index (κ1) is 18.2. The topological polar surface area (TPSA) is 49.4 Å². The molecule has 0 aliphatic rings. The molecule has 0 spiro atoms. The van der Waals surface area contributed by atoms with E-state index in [9.17, 15) is 14.0 Å². The third-order valence-corrected chi connectivity index (χ3v) is 3.84. The molecule has 0 aromatic heterocycles. The lowest BCUT2D eigenvalue weighted by Crippen LogP contribution is -2.32. The predicted molar refractivity (Wildman–Crippen MR) is 94.1 cm³/mol. The molecule has 2 rings (SSSR count). The van der Waals surface area contributed by atoms with Crippen LogP contribution in [0.3, 0.4) is 0 Å². The number of anilines is 2. The molecule has 0 unspecified atom stereocenters. The summed E-state index contributed by atoms with van der Waals surface area (Å²) in [5.41, 5.74) is 0.564. The largest absolute Gasteiger partial charge is 0.325 e. The minimum Gasteiger partial charge on any atom is -0.325 e. The minimum atomic E-state index is -0.520.